The summed E-state index contributed by atoms with van der Waals surface area (Å²) in [5.74, 6) is 0.226. The van der Waals surface area contributed by atoms with Crippen LogP contribution in [0.15, 0.2) is 36.7 Å². The molecule has 144 valence electrons. The zero-order valence-corrected chi connectivity index (χ0v) is 15.9. The molecule has 0 aliphatic rings. The second-order valence-electron chi connectivity index (χ2n) is 6.80. The van der Waals surface area contributed by atoms with Crippen LogP contribution in [-0.4, -0.2) is 34.7 Å². The molecule has 8 heteroatoms. The maximum absolute atomic E-state index is 11.7. The quantitative estimate of drug-likeness (QED) is 0.752. The molecular formula is C19H24N4O4. The van der Waals surface area contributed by atoms with Gasteiger partial charge in [0.15, 0.2) is 0 Å². The van der Waals surface area contributed by atoms with Crippen molar-refractivity contribution in [3.8, 4) is 0 Å². The molecule has 2 rings (SSSR count). The van der Waals surface area contributed by atoms with E-state index in [0.29, 0.717) is 23.6 Å². The van der Waals surface area contributed by atoms with Crippen molar-refractivity contribution in [2.24, 2.45) is 0 Å². The molecule has 0 bridgehead atoms. The highest BCUT2D eigenvalue weighted by atomic mass is 16.6. The van der Waals surface area contributed by atoms with Gasteiger partial charge in [-0.05, 0) is 38.5 Å². The summed E-state index contributed by atoms with van der Waals surface area (Å²) in [6, 6.07) is 8.87. The van der Waals surface area contributed by atoms with Crippen LogP contribution in [0, 0.1) is 0 Å². The van der Waals surface area contributed by atoms with Gasteiger partial charge in [0.05, 0.1) is 24.9 Å². The van der Waals surface area contributed by atoms with Gasteiger partial charge >= 0.3 is 12.1 Å². The third kappa shape index (κ3) is 6.93. The number of hydrogen-bond donors (Lipinski definition) is 2. The van der Waals surface area contributed by atoms with Crippen molar-refractivity contribution in [1.29, 1.82) is 0 Å². The minimum absolute atomic E-state index is 0.226. The summed E-state index contributed by atoms with van der Waals surface area (Å²) in [6.07, 6.45) is 0.912. The molecule has 1 aromatic heterocycles. The molecule has 1 heterocycles. The first-order valence-electron chi connectivity index (χ1n) is 8.46. The lowest BCUT2D eigenvalue weighted by Crippen LogP contribution is -2.32. The number of carbonyl (C=O) groups excluding carboxylic acids is 2. The molecule has 0 unspecified atom stereocenters. The number of aromatic nitrogens is 2. The monoisotopic (exact) mass is 372 g/mol. The SMILES string of the molecule is COC(=O)c1cccc(CNc2cc(CNC(=O)OC(C)(C)C)ncn2)c1. The van der Waals surface area contributed by atoms with E-state index in [9.17, 15) is 9.59 Å². The molecule has 0 fully saturated rings. The summed E-state index contributed by atoms with van der Waals surface area (Å²) in [7, 11) is 1.35. The second kappa shape index (κ2) is 8.98. The second-order valence-corrected chi connectivity index (χ2v) is 6.80. The van der Waals surface area contributed by atoms with E-state index in [1.54, 1.807) is 45.0 Å². The Hall–Kier alpha value is -3.16. The van der Waals surface area contributed by atoms with Gasteiger partial charge in [0, 0.05) is 12.6 Å². The molecular weight excluding hydrogens is 348 g/mol. The van der Waals surface area contributed by atoms with Crippen molar-refractivity contribution < 1.29 is 19.1 Å². The molecule has 0 aliphatic heterocycles. The van der Waals surface area contributed by atoms with Crippen molar-refractivity contribution in [3.05, 3.63) is 53.5 Å². The van der Waals surface area contributed by atoms with Crippen LogP contribution in [0.25, 0.3) is 0 Å². The van der Waals surface area contributed by atoms with Gasteiger partial charge in [0.25, 0.3) is 0 Å². The number of ether oxygens (including phenoxy) is 2. The molecule has 0 aliphatic carbocycles. The number of nitrogens with zero attached hydrogens (tertiary/aromatic N) is 2. The lowest BCUT2D eigenvalue weighted by molar-refractivity contribution is 0.0521. The van der Waals surface area contributed by atoms with Crippen LogP contribution in [0.3, 0.4) is 0 Å². The standard InChI is InChI=1S/C19H24N4O4/c1-19(2,3)27-18(25)21-11-15-9-16(23-12-22-15)20-10-13-6-5-7-14(8-13)17(24)26-4/h5-9,12H,10-11H2,1-4H3,(H,21,25)(H,20,22,23). The van der Waals surface area contributed by atoms with E-state index in [0.717, 1.165) is 5.56 Å². The average molecular weight is 372 g/mol. The maximum atomic E-state index is 11.7. The highest BCUT2D eigenvalue weighted by molar-refractivity contribution is 5.89. The number of rotatable bonds is 6. The normalized spacial score (nSPS) is 10.8. The summed E-state index contributed by atoms with van der Waals surface area (Å²) in [5.41, 5.74) is 1.48. The minimum Gasteiger partial charge on any atom is -0.465 e. The van der Waals surface area contributed by atoms with E-state index in [1.807, 2.05) is 6.07 Å². The fourth-order valence-electron chi connectivity index (χ4n) is 2.19. The van der Waals surface area contributed by atoms with Crippen molar-refractivity contribution in [2.75, 3.05) is 12.4 Å². The van der Waals surface area contributed by atoms with Crippen LogP contribution >= 0.6 is 0 Å². The molecule has 0 saturated carbocycles. The molecule has 8 nitrogen and oxygen atoms in total. The van der Waals surface area contributed by atoms with Crippen molar-refractivity contribution in [3.63, 3.8) is 0 Å². The lowest BCUT2D eigenvalue weighted by Gasteiger charge is -2.19. The summed E-state index contributed by atoms with van der Waals surface area (Å²) in [6.45, 7) is 6.10. The predicted molar refractivity (Wildman–Crippen MR) is 100 cm³/mol. The van der Waals surface area contributed by atoms with Crippen molar-refractivity contribution >= 4 is 17.9 Å². The van der Waals surface area contributed by atoms with E-state index >= 15 is 0 Å². The number of hydrogen-bond acceptors (Lipinski definition) is 7. The Balaban J connectivity index is 1.92. The van der Waals surface area contributed by atoms with Gasteiger partial charge in [-0.2, -0.15) is 0 Å². The Bertz CT molecular complexity index is 802. The molecule has 0 radical (unpaired) electrons. The van der Waals surface area contributed by atoms with Crippen LogP contribution in [-0.2, 0) is 22.6 Å². The van der Waals surface area contributed by atoms with E-state index in [-0.39, 0.29) is 12.5 Å². The molecule has 0 atom stereocenters. The Labute approximate surface area is 158 Å². The van der Waals surface area contributed by atoms with Gasteiger partial charge in [0.1, 0.15) is 17.7 Å². The first-order valence-corrected chi connectivity index (χ1v) is 8.46. The molecule has 2 N–H and O–H groups in total. The highest BCUT2D eigenvalue weighted by Crippen LogP contribution is 2.11. The largest absolute Gasteiger partial charge is 0.465 e. The van der Waals surface area contributed by atoms with Crippen LogP contribution in [0.2, 0.25) is 0 Å². The third-order valence-electron chi connectivity index (χ3n) is 3.36. The number of methoxy groups -OCH3 is 1. The zero-order valence-electron chi connectivity index (χ0n) is 15.9. The summed E-state index contributed by atoms with van der Waals surface area (Å²) >= 11 is 0. The summed E-state index contributed by atoms with van der Waals surface area (Å²) in [5, 5.41) is 5.82. The highest BCUT2D eigenvalue weighted by Gasteiger charge is 2.15. The Morgan fingerprint density at radius 3 is 2.59 bits per heavy atom. The first-order chi connectivity index (χ1) is 12.8. The number of carbonyl (C=O) groups is 2. The van der Waals surface area contributed by atoms with Crippen LogP contribution in [0.1, 0.15) is 42.4 Å². The predicted octanol–water partition coefficient (Wildman–Crippen LogP) is 2.90. The Morgan fingerprint density at radius 2 is 1.89 bits per heavy atom. The average Bonchev–Trinajstić information content (AvgIpc) is 2.63. The summed E-state index contributed by atoms with van der Waals surface area (Å²) < 4.78 is 9.91. The van der Waals surface area contributed by atoms with Gasteiger partial charge < -0.3 is 20.1 Å². The van der Waals surface area contributed by atoms with Gasteiger partial charge in [0.2, 0.25) is 0 Å². The van der Waals surface area contributed by atoms with Crippen molar-refractivity contribution in [2.45, 2.75) is 39.5 Å². The minimum atomic E-state index is -0.554. The number of benzene rings is 1. The molecule has 1 aromatic carbocycles. The first kappa shape index (κ1) is 20.2. The van der Waals surface area contributed by atoms with E-state index < -0.39 is 11.7 Å². The molecule has 0 saturated heterocycles. The number of anilines is 1. The smallest absolute Gasteiger partial charge is 0.407 e. The van der Waals surface area contributed by atoms with E-state index in [4.69, 9.17) is 9.47 Å². The van der Waals surface area contributed by atoms with Gasteiger partial charge in [-0.25, -0.2) is 19.6 Å². The fraction of sp³-hybridized carbons (Fsp3) is 0.368. The van der Waals surface area contributed by atoms with Gasteiger partial charge in [-0.15, -0.1) is 0 Å². The zero-order chi connectivity index (χ0) is 19.9. The molecule has 2 aromatic rings. The Kier molecular flexibility index (Phi) is 6.70. The molecule has 0 spiro atoms. The summed E-state index contributed by atoms with van der Waals surface area (Å²) in [4.78, 5) is 31.6. The topological polar surface area (TPSA) is 102 Å². The van der Waals surface area contributed by atoms with Gasteiger partial charge in [-0.1, -0.05) is 12.1 Å². The molecule has 27 heavy (non-hydrogen) atoms. The van der Waals surface area contributed by atoms with Crippen LogP contribution in [0.4, 0.5) is 10.6 Å². The Morgan fingerprint density at radius 1 is 1.11 bits per heavy atom. The maximum Gasteiger partial charge on any atom is 0.407 e. The lowest BCUT2D eigenvalue weighted by atomic mass is 10.1. The third-order valence-corrected chi connectivity index (χ3v) is 3.36. The van der Waals surface area contributed by atoms with Crippen LogP contribution < -0.4 is 10.6 Å². The fourth-order valence-corrected chi connectivity index (χ4v) is 2.19. The number of esters is 1. The number of alkyl carbamates (subject to hydrolysis) is 1. The van der Waals surface area contributed by atoms with E-state index in [2.05, 4.69) is 20.6 Å². The van der Waals surface area contributed by atoms with E-state index in [1.165, 1.54) is 13.4 Å². The number of amides is 1. The van der Waals surface area contributed by atoms with Crippen LogP contribution in [0.5, 0.6) is 0 Å². The molecule has 1 amide bonds. The number of nitrogens with one attached hydrogen (secondary N) is 2. The van der Waals surface area contributed by atoms with Crippen molar-refractivity contribution in [1.82, 2.24) is 15.3 Å². The van der Waals surface area contributed by atoms with Gasteiger partial charge in [-0.3, -0.25) is 0 Å².